The fourth-order valence-corrected chi connectivity index (χ4v) is 2.52. The van der Waals surface area contributed by atoms with Crippen LogP contribution in [0.25, 0.3) is 11.3 Å². The van der Waals surface area contributed by atoms with Gasteiger partial charge in [0.1, 0.15) is 0 Å². The van der Waals surface area contributed by atoms with E-state index < -0.39 is 11.9 Å². The van der Waals surface area contributed by atoms with Crippen LogP contribution in [-0.2, 0) is 11.8 Å². The summed E-state index contributed by atoms with van der Waals surface area (Å²) in [5.41, 5.74) is 2.73. The molecule has 0 saturated carbocycles. The minimum absolute atomic E-state index is 0.265. The lowest BCUT2D eigenvalue weighted by molar-refractivity contribution is 0.0602. The Balaban J connectivity index is 1.87. The van der Waals surface area contributed by atoms with Crippen LogP contribution in [0.1, 0.15) is 20.8 Å². The molecule has 25 heavy (non-hydrogen) atoms. The Morgan fingerprint density at radius 1 is 1.04 bits per heavy atom. The van der Waals surface area contributed by atoms with Gasteiger partial charge in [-0.15, -0.1) is 0 Å². The number of nitrogens with zero attached hydrogens (tertiary/aromatic N) is 2. The largest absolute Gasteiger partial charge is 0.465 e. The van der Waals surface area contributed by atoms with Crippen molar-refractivity contribution in [1.82, 2.24) is 9.78 Å². The number of methoxy groups -OCH3 is 1. The number of nitrogens with one attached hydrogen (secondary N) is 1. The SMILES string of the molecule is COC(=O)c1ccccc1NC(=O)c1cc(-c2ccccc2)n(C)n1. The summed E-state index contributed by atoms with van der Waals surface area (Å²) in [4.78, 5) is 24.3. The summed E-state index contributed by atoms with van der Waals surface area (Å²) in [6.07, 6.45) is 0. The fraction of sp³-hybridized carbons (Fsp3) is 0.105. The van der Waals surface area contributed by atoms with Crippen LogP contribution in [-0.4, -0.2) is 28.8 Å². The Morgan fingerprint density at radius 2 is 1.72 bits per heavy atom. The van der Waals surface area contributed by atoms with Crippen molar-refractivity contribution >= 4 is 17.6 Å². The summed E-state index contributed by atoms with van der Waals surface area (Å²) < 4.78 is 6.38. The van der Waals surface area contributed by atoms with E-state index in [9.17, 15) is 9.59 Å². The maximum Gasteiger partial charge on any atom is 0.339 e. The number of amides is 1. The van der Waals surface area contributed by atoms with Gasteiger partial charge in [0.2, 0.25) is 0 Å². The fourth-order valence-electron chi connectivity index (χ4n) is 2.52. The second kappa shape index (κ2) is 7.00. The van der Waals surface area contributed by atoms with Crippen LogP contribution in [0.5, 0.6) is 0 Å². The van der Waals surface area contributed by atoms with Crippen molar-refractivity contribution in [2.75, 3.05) is 12.4 Å². The maximum absolute atomic E-state index is 12.5. The van der Waals surface area contributed by atoms with Crippen molar-refractivity contribution in [3.8, 4) is 11.3 Å². The normalized spacial score (nSPS) is 10.3. The molecule has 0 aliphatic heterocycles. The van der Waals surface area contributed by atoms with E-state index in [1.54, 1.807) is 42.1 Å². The maximum atomic E-state index is 12.5. The van der Waals surface area contributed by atoms with E-state index in [4.69, 9.17) is 4.74 Å². The lowest BCUT2D eigenvalue weighted by Crippen LogP contribution is -2.16. The molecule has 1 amide bonds. The Labute approximate surface area is 145 Å². The van der Waals surface area contributed by atoms with Gasteiger partial charge in [0.05, 0.1) is 24.1 Å². The number of aromatic nitrogens is 2. The molecule has 0 fully saturated rings. The first-order valence-corrected chi connectivity index (χ1v) is 7.68. The van der Waals surface area contributed by atoms with Crippen molar-refractivity contribution in [3.05, 3.63) is 71.9 Å². The van der Waals surface area contributed by atoms with Crippen LogP contribution in [0.15, 0.2) is 60.7 Å². The first kappa shape index (κ1) is 16.4. The van der Waals surface area contributed by atoms with Gasteiger partial charge < -0.3 is 10.1 Å². The molecule has 0 unspecified atom stereocenters. The number of benzene rings is 2. The molecule has 2 aromatic carbocycles. The third kappa shape index (κ3) is 3.42. The highest BCUT2D eigenvalue weighted by Gasteiger charge is 2.17. The number of hydrogen-bond donors (Lipinski definition) is 1. The quantitative estimate of drug-likeness (QED) is 0.744. The average Bonchev–Trinajstić information content (AvgIpc) is 3.04. The molecule has 0 radical (unpaired) electrons. The van der Waals surface area contributed by atoms with Crippen LogP contribution in [0.4, 0.5) is 5.69 Å². The second-order valence-corrected chi connectivity index (χ2v) is 5.40. The Bertz CT molecular complexity index is 917. The number of hydrogen-bond acceptors (Lipinski definition) is 4. The number of rotatable bonds is 4. The highest BCUT2D eigenvalue weighted by molar-refractivity contribution is 6.07. The summed E-state index contributed by atoms with van der Waals surface area (Å²) in [7, 11) is 3.08. The molecule has 0 spiro atoms. The summed E-state index contributed by atoms with van der Waals surface area (Å²) in [6, 6.07) is 18.1. The molecule has 3 rings (SSSR count). The van der Waals surface area contributed by atoms with E-state index >= 15 is 0 Å². The number of anilines is 1. The molecular weight excluding hydrogens is 318 g/mol. The lowest BCUT2D eigenvalue weighted by Gasteiger charge is -2.08. The first-order valence-electron chi connectivity index (χ1n) is 7.68. The number of carbonyl (C=O) groups is 2. The minimum atomic E-state index is -0.512. The molecule has 6 heteroatoms. The molecular formula is C19H17N3O3. The minimum Gasteiger partial charge on any atom is -0.465 e. The van der Waals surface area contributed by atoms with Gasteiger partial charge in [-0.2, -0.15) is 5.10 Å². The van der Waals surface area contributed by atoms with E-state index in [1.165, 1.54) is 7.11 Å². The van der Waals surface area contributed by atoms with Crippen molar-refractivity contribution in [1.29, 1.82) is 0 Å². The van der Waals surface area contributed by atoms with Gasteiger partial charge in [0.15, 0.2) is 5.69 Å². The van der Waals surface area contributed by atoms with Gasteiger partial charge in [0.25, 0.3) is 5.91 Å². The predicted octanol–water partition coefficient (Wildman–Crippen LogP) is 3.13. The molecule has 6 nitrogen and oxygen atoms in total. The number of aryl methyl sites for hydroxylation is 1. The zero-order chi connectivity index (χ0) is 17.8. The molecule has 0 saturated heterocycles. The van der Waals surface area contributed by atoms with Gasteiger partial charge in [-0.1, -0.05) is 42.5 Å². The molecule has 1 heterocycles. The van der Waals surface area contributed by atoms with Gasteiger partial charge in [-0.05, 0) is 23.8 Å². The van der Waals surface area contributed by atoms with Crippen LogP contribution < -0.4 is 5.32 Å². The zero-order valence-corrected chi connectivity index (χ0v) is 13.9. The molecule has 3 aromatic rings. The molecule has 126 valence electrons. The van der Waals surface area contributed by atoms with E-state index in [0.29, 0.717) is 5.69 Å². The first-order chi connectivity index (χ1) is 12.1. The average molecular weight is 335 g/mol. The molecule has 0 bridgehead atoms. The molecule has 0 atom stereocenters. The Hall–Kier alpha value is -3.41. The standard InChI is InChI=1S/C19H17N3O3/c1-22-17(13-8-4-3-5-9-13)12-16(21-22)18(23)20-15-11-7-6-10-14(15)19(24)25-2/h3-12H,1-2H3,(H,20,23). The molecule has 1 aromatic heterocycles. The molecule has 1 N–H and O–H groups in total. The lowest BCUT2D eigenvalue weighted by atomic mass is 10.1. The Kier molecular flexibility index (Phi) is 4.61. The third-order valence-electron chi connectivity index (χ3n) is 3.76. The summed E-state index contributed by atoms with van der Waals surface area (Å²) >= 11 is 0. The predicted molar refractivity (Wildman–Crippen MR) is 94.4 cm³/mol. The van der Waals surface area contributed by atoms with Gasteiger partial charge in [0, 0.05) is 7.05 Å². The van der Waals surface area contributed by atoms with Gasteiger partial charge in [-0.25, -0.2) is 4.79 Å². The highest BCUT2D eigenvalue weighted by atomic mass is 16.5. The van der Waals surface area contributed by atoms with E-state index in [0.717, 1.165) is 11.3 Å². The smallest absolute Gasteiger partial charge is 0.339 e. The second-order valence-electron chi connectivity index (χ2n) is 5.40. The summed E-state index contributed by atoms with van der Waals surface area (Å²) in [5.74, 6) is -0.906. The number of carbonyl (C=O) groups excluding carboxylic acids is 2. The zero-order valence-electron chi connectivity index (χ0n) is 13.9. The van der Waals surface area contributed by atoms with Crippen LogP contribution in [0, 0.1) is 0 Å². The monoisotopic (exact) mass is 335 g/mol. The van der Waals surface area contributed by atoms with E-state index in [1.807, 2.05) is 30.3 Å². The topological polar surface area (TPSA) is 73.2 Å². The number of esters is 1. The molecule has 0 aliphatic carbocycles. The number of ether oxygens (including phenoxy) is 1. The van der Waals surface area contributed by atoms with Crippen molar-refractivity contribution < 1.29 is 14.3 Å². The Morgan fingerprint density at radius 3 is 2.44 bits per heavy atom. The van der Waals surface area contributed by atoms with Gasteiger partial charge in [-0.3, -0.25) is 9.48 Å². The number of para-hydroxylation sites is 1. The summed E-state index contributed by atoms with van der Waals surface area (Å²) in [6.45, 7) is 0. The van der Waals surface area contributed by atoms with Crippen LogP contribution >= 0.6 is 0 Å². The van der Waals surface area contributed by atoms with Crippen molar-refractivity contribution in [2.24, 2.45) is 7.05 Å². The van der Waals surface area contributed by atoms with Gasteiger partial charge >= 0.3 is 5.97 Å². The van der Waals surface area contributed by atoms with Crippen LogP contribution in [0.2, 0.25) is 0 Å². The van der Waals surface area contributed by atoms with E-state index in [2.05, 4.69) is 10.4 Å². The molecule has 0 aliphatic rings. The van der Waals surface area contributed by atoms with Crippen LogP contribution in [0.3, 0.4) is 0 Å². The van der Waals surface area contributed by atoms with E-state index in [-0.39, 0.29) is 11.3 Å². The third-order valence-corrected chi connectivity index (χ3v) is 3.76. The van der Waals surface area contributed by atoms with Crippen molar-refractivity contribution in [3.63, 3.8) is 0 Å². The highest BCUT2D eigenvalue weighted by Crippen LogP contribution is 2.21. The van der Waals surface area contributed by atoms with Crippen molar-refractivity contribution in [2.45, 2.75) is 0 Å². The summed E-state index contributed by atoms with van der Waals surface area (Å²) in [5, 5.41) is 6.98.